The number of rotatable bonds is 4. The largest absolute Gasteiger partial charge is 0.390 e. The van der Waals surface area contributed by atoms with Crippen LogP contribution in [0.5, 0.6) is 0 Å². The Balaban J connectivity index is 1.66. The molecule has 0 spiro atoms. The van der Waals surface area contributed by atoms with Crippen LogP contribution in [0.1, 0.15) is 50.2 Å². The molecule has 2 heterocycles. The van der Waals surface area contributed by atoms with Gasteiger partial charge in [0.25, 0.3) is 0 Å². The van der Waals surface area contributed by atoms with Gasteiger partial charge in [0.2, 0.25) is 0 Å². The van der Waals surface area contributed by atoms with Crippen LogP contribution >= 0.6 is 0 Å². The molecule has 3 rings (SSSR count). The van der Waals surface area contributed by atoms with Crippen molar-refractivity contribution >= 4 is 5.82 Å². The van der Waals surface area contributed by atoms with Gasteiger partial charge in [-0.15, -0.1) is 0 Å². The van der Waals surface area contributed by atoms with Crippen molar-refractivity contribution in [3.05, 3.63) is 23.4 Å². The highest BCUT2D eigenvalue weighted by atomic mass is 16.3. The van der Waals surface area contributed by atoms with Crippen molar-refractivity contribution in [2.45, 2.75) is 64.1 Å². The second kappa shape index (κ2) is 5.93. The van der Waals surface area contributed by atoms with Crippen LogP contribution in [0.4, 0.5) is 5.82 Å². The maximum absolute atomic E-state index is 10.2. The average Bonchev–Trinajstić information content (AvgIpc) is 3.25. The van der Waals surface area contributed by atoms with Gasteiger partial charge in [-0.25, -0.2) is 4.98 Å². The maximum Gasteiger partial charge on any atom is 0.131 e. The number of aryl methyl sites for hydroxylation is 1. The molecule has 116 valence electrons. The van der Waals surface area contributed by atoms with Gasteiger partial charge in [-0.05, 0) is 63.1 Å². The zero-order valence-electron chi connectivity index (χ0n) is 13.2. The lowest BCUT2D eigenvalue weighted by molar-refractivity contribution is 0.0481. The van der Waals surface area contributed by atoms with Gasteiger partial charge < -0.3 is 15.3 Å². The fourth-order valence-corrected chi connectivity index (χ4v) is 3.08. The summed E-state index contributed by atoms with van der Waals surface area (Å²) in [7, 11) is 0. The van der Waals surface area contributed by atoms with Gasteiger partial charge in [-0.2, -0.15) is 0 Å². The van der Waals surface area contributed by atoms with Crippen LogP contribution in [0.3, 0.4) is 0 Å². The zero-order chi connectivity index (χ0) is 14.9. The van der Waals surface area contributed by atoms with E-state index in [-0.39, 0.29) is 0 Å². The minimum atomic E-state index is -0.517. The van der Waals surface area contributed by atoms with Gasteiger partial charge in [0.1, 0.15) is 5.82 Å². The average molecular weight is 289 g/mol. The van der Waals surface area contributed by atoms with E-state index in [0.29, 0.717) is 0 Å². The van der Waals surface area contributed by atoms with E-state index in [1.54, 1.807) is 0 Å². The van der Waals surface area contributed by atoms with E-state index in [1.165, 1.54) is 24.0 Å². The van der Waals surface area contributed by atoms with Gasteiger partial charge >= 0.3 is 0 Å². The molecule has 1 aliphatic carbocycles. The van der Waals surface area contributed by atoms with Gasteiger partial charge in [0.05, 0.1) is 5.60 Å². The first kappa shape index (κ1) is 14.8. The molecule has 4 heteroatoms. The van der Waals surface area contributed by atoms with Crippen molar-refractivity contribution in [1.82, 2.24) is 10.3 Å². The zero-order valence-corrected chi connectivity index (χ0v) is 13.2. The Morgan fingerprint density at radius 3 is 2.90 bits per heavy atom. The molecule has 1 saturated carbocycles. The van der Waals surface area contributed by atoms with E-state index in [4.69, 9.17) is 4.98 Å². The van der Waals surface area contributed by atoms with Gasteiger partial charge in [0.15, 0.2) is 0 Å². The SMILES string of the molecule is Cc1cc(CNC2CC2)cnc1N1CCCC(C)(O)CC1. The molecule has 0 bridgehead atoms. The molecule has 2 aliphatic rings. The first-order valence-electron chi connectivity index (χ1n) is 8.20. The number of anilines is 1. The smallest absolute Gasteiger partial charge is 0.131 e. The van der Waals surface area contributed by atoms with Gasteiger partial charge in [0, 0.05) is 31.9 Å². The fraction of sp³-hybridized carbons (Fsp3) is 0.706. The summed E-state index contributed by atoms with van der Waals surface area (Å²) in [6.45, 7) is 6.90. The lowest BCUT2D eigenvalue weighted by atomic mass is 9.98. The maximum atomic E-state index is 10.2. The van der Waals surface area contributed by atoms with Crippen molar-refractivity contribution in [1.29, 1.82) is 0 Å². The van der Waals surface area contributed by atoms with Gasteiger partial charge in [-0.3, -0.25) is 0 Å². The molecule has 1 aliphatic heterocycles. The minimum absolute atomic E-state index is 0.517. The van der Waals surface area contributed by atoms with E-state index < -0.39 is 5.60 Å². The third-order valence-electron chi connectivity index (χ3n) is 4.64. The monoisotopic (exact) mass is 289 g/mol. The van der Waals surface area contributed by atoms with Crippen molar-refractivity contribution in [3.8, 4) is 0 Å². The first-order chi connectivity index (χ1) is 10.0. The Bertz CT molecular complexity index is 497. The summed E-state index contributed by atoms with van der Waals surface area (Å²) in [5.41, 5.74) is 1.99. The Morgan fingerprint density at radius 1 is 1.38 bits per heavy atom. The molecule has 1 unspecified atom stereocenters. The van der Waals surface area contributed by atoms with E-state index in [0.717, 1.165) is 50.8 Å². The number of aromatic nitrogens is 1. The van der Waals surface area contributed by atoms with E-state index in [1.807, 2.05) is 13.1 Å². The topological polar surface area (TPSA) is 48.4 Å². The third-order valence-corrected chi connectivity index (χ3v) is 4.64. The molecule has 21 heavy (non-hydrogen) atoms. The molecule has 2 N–H and O–H groups in total. The van der Waals surface area contributed by atoms with Crippen molar-refractivity contribution in [3.63, 3.8) is 0 Å². The summed E-state index contributed by atoms with van der Waals surface area (Å²) in [6.07, 6.45) is 7.36. The highest BCUT2D eigenvalue weighted by molar-refractivity contribution is 5.47. The van der Waals surface area contributed by atoms with Gasteiger partial charge in [-0.1, -0.05) is 0 Å². The summed E-state index contributed by atoms with van der Waals surface area (Å²) in [4.78, 5) is 7.02. The molecule has 1 saturated heterocycles. The molecule has 4 nitrogen and oxygen atoms in total. The van der Waals surface area contributed by atoms with E-state index >= 15 is 0 Å². The minimum Gasteiger partial charge on any atom is -0.390 e. The first-order valence-corrected chi connectivity index (χ1v) is 8.20. The summed E-state index contributed by atoms with van der Waals surface area (Å²) >= 11 is 0. The molecule has 0 amide bonds. The van der Waals surface area contributed by atoms with Crippen molar-refractivity contribution in [2.24, 2.45) is 0 Å². The molecule has 0 radical (unpaired) electrons. The molecule has 1 aromatic rings. The lowest BCUT2D eigenvalue weighted by Crippen LogP contribution is -2.29. The van der Waals surface area contributed by atoms with E-state index in [2.05, 4.69) is 23.2 Å². The second-order valence-corrected chi connectivity index (χ2v) is 6.98. The summed E-state index contributed by atoms with van der Waals surface area (Å²) in [5, 5.41) is 13.7. The van der Waals surface area contributed by atoms with Crippen molar-refractivity contribution in [2.75, 3.05) is 18.0 Å². The number of hydrogen-bond acceptors (Lipinski definition) is 4. The molecule has 0 aromatic carbocycles. The van der Waals surface area contributed by atoms with Crippen LogP contribution in [0.25, 0.3) is 0 Å². The lowest BCUT2D eigenvalue weighted by Gasteiger charge is -2.25. The quantitative estimate of drug-likeness (QED) is 0.893. The summed E-state index contributed by atoms with van der Waals surface area (Å²) in [6, 6.07) is 2.98. The molecular weight excluding hydrogens is 262 g/mol. The van der Waals surface area contributed by atoms with Crippen LogP contribution in [0.15, 0.2) is 12.3 Å². The predicted molar refractivity (Wildman–Crippen MR) is 85.5 cm³/mol. The van der Waals surface area contributed by atoms with E-state index in [9.17, 15) is 5.11 Å². The number of nitrogens with zero attached hydrogens (tertiary/aromatic N) is 2. The number of pyridine rings is 1. The standard InChI is InChI=1S/C17H27N3O/c1-13-10-14(11-18-15-4-5-15)12-19-16(13)20-8-3-6-17(2,21)7-9-20/h10,12,15,18,21H,3-9,11H2,1-2H3. The number of nitrogens with one attached hydrogen (secondary N) is 1. The Labute approximate surface area is 127 Å². The van der Waals surface area contributed by atoms with Crippen LogP contribution in [-0.4, -0.2) is 34.8 Å². The fourth-order valence-electron chi connectivity index (χ4n) is 3.08. The molecular formula is C17H27N3O. The Hall–Kier alpha value is -1.13. The summed E-state index contributed by atoms with van der Waals surface area (Å²) in [5.74, 6) is 1.09. The molecule has 1 aromatic heterocycles. The van der Waals surface area contributed by atoms with Crippen LogP contribution in [0.2, 0.25) is 0 Å². The van der Waals surface area contributed by atoms with Crippen LogP contribution in [0, 0.1) is 6.92 Å². The molecule has 1 atom stereocenters. The summed E-state index contributed by atoms with van der Waals surface area (Å²) < 4.78 is 0. The predicted octanol–water partition coefficient (Wildman–Crippen LogP) is 2.38. The number of hydrogen-bond donors (Lipinski definition) is 2. The normalized spacial score (nSPS) is 26.7. The third kappa shape index (κ3) is 3.95. The molecule has 2 fully saturated rings. The number of aliphatic hydroxyl groups is 1. The highest BCUT2D eigenvalue weighted by Gasteiger charge is 2.26. The second-order valence-electron chi connectivity index (χ2n) is 6.98. The van der Waals surface area contributed by atoms with Crippen LogP contribution < -0.4 is 10.2 Å². The van der Waals surface area contributed by atoms with Crippen LogP contribution in [-0.2, 0) is 6.54 Å². The highest BCUT2D eigenvalue weighted by Crippen LogP contribution is 2.26. The Morgan fingerprint density at radius 2 is 2.19 bits per heavy atom. The Kier molecular flexibility index (Phi) is 4.18. The van der Waals surface area contributed by atoms with Crippen molar-refractivity contribution < 1.29 is 5.11 Å².